The van der Waals surface area contributed by atoms with Gasteiger partial charge in [-0.25, -0.2) is 4.79 Å². The smallest absolute Gasteiger partial charge is 0.348 e. The molecule has 0 spiro atoms. The minimum absolute atomic E-state index is 0.0108. The number of hydrogen-bond donors (Lipinski definition) is 2. The average molecular weight is 272 g/mol. The summed E-state index contributed by atoms with van der Waals surface area (Å²) in [5.41, 5.74) is 0.301. The fraction of sp³-hybridized carbons (Fsp3) is 0.133. The number of hydrogen-bond acceptors (Lipinski definition) is 5. The summed E-state index contributed by atoms with van der Waals surface area (Å²) in [6.45, 7) is 1.78. The van der Waals surface area contributed by atoms with Crippen LogP contribution in [0.3, 0.4) is 0 Å². The summed E-state index contributed by atoms with van der Waals surface area (Å²) in [5, 5.41) is 20.7. The van der Waals surface area contributed by atoms with Crippen LogP contribution in [0.4, 0.5) is 0 Å². The lowest BCUT2D eigenvalue weighted by molar-refractivity contribution is 0.418. The van der Waals surface area contributed by atoms with Crippen molar-refractivity contribution < 1.29 is 19.4 Å². The highest BCUT2D eigenvalue weighted by Gasteiger charge is 2.17. The van der Waals surface area contributed by atoms with Crippen molar-refractivity contribution in [2.24, 2.45) is 0 Å². The molecule has 0 fully saturated rings. The highest BCUT2D eigenvalue weighted by atomic mass is 16.5. The predicted octanol–water partition coefficient (Wildman–Crippen LogP) is 2.67. The van der Waals surface area contributed by atoms with E-state index in [-0.39, 0.29) is 22.5 Å². The Morgan fingerprint density at radius 3 is 2.55 bits per heavy atom. The van der Waals surface area contributed by atoms with Crippen molar-refractivity contribution in [3.05, 3.63) is 40.2 Å². The second-order valence-corrected chi connectivity index (χ2v) is 4.56. The maximum Gasteiger partial charge on any atom is 0.348 e. The largest absolute Gasteiger partial charge is 0.508 e. The molecule has 0 atom stereocenters. The first kappa shape index (κ1) is 12.3. The lowest BCUT2D eigenvalue weighted by atomic mass is 10.0. The minimum atomic E-state index is -0.672. The van der Waals surface area contributed by atoms with E-state index in [1.165, 1.54) is 19.2 Å². The summed E-state index contributed by atoms with van der Waals surface area (Å²) in [6, 6.07) is 5.90. The van der Waals surface area contributed by atoms with Gasteiger partial charge in [-0.1, -0.05) is 0 Å². The van der Waals surface area contributed by atoms with Crippen LogP contribution in [0.1, 0.15) is 5.56 Å². The van der Waals surface area contributed by atoms with Crippen molar-refractivity contribution >= 4 is 21.7 Å². The van der Waals surface area contributed by atoms with Gasteiger partial charge >= 0.3 is 5.63 Å². The number of phenols is 2. The second-order valence-electron chi connectivity index (χ2n) is 4.56. The van der Waals surface area contributed by atoms with Crippen molar-refractivity contribution in [3.63, 3.8) is 0 Å². The highest BCUT2D eigenvalue weighted by Crippen LogP contribution is 2.38. The quantitative estimate of drug-likeness (QED) is 0.526. The van der Waals surface area contributed by atoms with Gasteiger partial charge in [-0.2, -0.15) is 0 Å². The third kappa shape index (κ3) is 1.60. The van der Waals surface area contributed by atoms with Crippen LogP contribution in [0.15, 0.2) is 33.5 Å². The molecule has 0 saturated heterocycles. The Labute approximate surface area is 113 Å². The maximum atomic E-state index is 12.0. The van der Waals surface area contributed by atoms with Gasteiger partial charge in [-0.05, 0) is 30.7 Å². The molecule has 0 saturated carbocycles. The van der Waals surface area contributed by atoms with Crippen LogP contribution in [0.2, 0.25) is 0 Å². The molecule has 0 amide bonds. The van der Waals surface area contributed by atoms with E-state index in [0.29, 0.717) is 16.5 Å². The normalized spacial score (nSPS) is 11.1. The Balaban J connectivity index is 2.71. The third-order valence-electron chi connectivity index (χ3n) is 3.31. The third-order valence-corrected chi connectivity index (χ3v) is 3.31. The first-order valence-corrected chi connectivity index (χ1v) is 5.99. The Kier molecular flexibility index (Phi) is 2.57. The number of aromatic hydroxyl groups is 2. The van der Waals surface area contributed by atoms with Crippen LogP contribution in [-0.4, -0.2) is 17.3 Å². The van der Waals surface area contributed by atoms with Crippen LogP contribution in [0.5, 0.6) is 17.2 Å². The van der Waals surface area contributed by atoms with Gasteiger partial charge in [0.05, 0.1) is 7.11 Å². The fourth-order valence-corrected chi connectivity index (χ4v) is 2.49. The highest BCUT2D eigenvalue weighted by molar-refractivity contribution is 6.11. The van der Waals surface area contributed by atoms with Crippen molar-refractivity contribution in [3.8, 4) is 17.2 Å². The first-order chi connectivity index (χ1) is 9.52. The number of ether oxygens (including phenoxy) is 1. The Morgan fingerprint density at radius 2 is 1.85 bits per heavy atom. The zero-order valence-electron chi connectivity index (χ0n) is 10.9. The molecule has 2 aromatic carbocycles. The monoisotopic (exact) mass is 272 g/mol. The van der Waals surface area contributed by atoms with Gasteiger partial charge in [-0.15, -0.1) is 0 Å². The van der Waals surface area contributed by atoms with Crippen molar-refractivity contribution in [1.82, 2.24) is 0 Å². The summed E-state index contributed by atoms with van der Waals surface area (Å²) in [4.78, 5) is 12.0. The van der Waals surface area contributed by atoms with Crippen molar-refractivity contribution in [1.29, 1.82) is 0 Å². The zero-order valence-corrected chi connectivity index (χ0v) is 10.9. The van der Waals surface area contributed by atoms with E-state index in [0.717, 1.165) is 5.56 Å². The molecule has 102 valence electrons. The Morgan fingerprint density at radius 1 is 1.10 bits per heavy atom. The lowest BCUT2D eigenvalue weighted by Crippen LogP contribution is -2.02. The molecule has 0 aliphatic rings. The molecule has 0 unspecified atom stereocenters. The summed E-state index contributed by atoms with van der Waals surface area (Å²) < 4.78 is 10.5. The first-order valence-electron chi connectivity index (χ1n) is 5.99. The van der Waals surface area contributed by atoms with Crippen LogP contribution < -0.4 is 10.4 Å². The number of rotatable bonds is 1. The number of fused-ring (bicyclic) bond motifs is 3. The van der Waals surface area contributed by atoms with E-state index in [1.807, 2.05) is 0 Å². The number of phenolic OH excluding ortho intramolecular Hbond substituents is 2. The van der Waals surface area contributed by atoms with Crippen LogP contribution in [0.25, 0.3) is 21.7 Å². The van der Waals surface area contributed by atoms with Gasteiger partial charge in [0.1, 0.15) is 28.2 Å². The molecule has 5 nitrogen and oxygen atoms in total. The van der Waals surface area contributed by atoms with Gasteiger partial charge in [0, 0.05) is 16.8 Å². The van der Waals surface area contributed by atoms with Crippen molar-refractivity contribution in [2.75, 3.05) is 7.11 Å². The SMILES string of the molecule is COc1ccc(O)c2c(=O)oc3cc(O)cc(C)c3c12. The van der Waals surface area contributed by atoms with E-state index in [2.05, 4.69) is 0 Å². The molecule has 0 bridgehead atoms. The molecule has 1 heterocycles. The number of aryl methyl sites for hydroxylation is 1. The second kappa shape index (κ2) is 4.16. The van der Waals surface area contributed by atoms with Gasteiger partial charge < -0.3 is 19.4 Å². The van der Waals surface area contributed by atoms with Gasteiger partial charge in [0.2, 0.25) is 0 Å². The van der Waals surface area contributed by atoms with E-state index in [4.69, 9.17) is 9.15 Å². The summed E-state index contributed by atoms with van der Waals surface area (Å²) >= 11 is 0. The van der Waals surface area contributed by atoms with E-state index < -0.39 is 5.63 Å². The number of methoxy groups -OCH3 is 1. The molecule has 0 radical (unpaired) electrons. The lowest BCUT2D eigenvalue weighted by Gasteiger charge is -2.11. The molecule has 0 aliphatic carbocycles. The van der Waals surface area contributed by atoms with Crippen LogP contribution >= 0.6 is 0 Å². The summed E-state index contributed by atoms with van der Waals surface area (Å²) in [7, 11) is 1.49. The molecular weight excluding hydrogens is 260 g/mol. The number of benzene rings is 2. The molecule has 0 aliphatic heterocycles. The minimum Gasteiger partial charge on any atom is -0.508 e. The molecule has 5 heteroatoms. The van der Waals surface area contributed by atoms with Crippen molar-refractivity contribution in [2.45, 2.75) is 6.92 Å². The Bertz CT molecular complexity index is 892. The molecule has 2 N–H and O–H groups in total. The van der Waals surface area contributed by atoms with Gasteiger partial charge in [0.25, 0.3) is 0 Å². The molecule has 3 aromatic rings. The van der Waals surface area contributed by atoms with E-state index >= 15 is 0 Å². The fourth-order valence-electron chi connectivity index (χ4n) is 2.49. The molecular formula is C15H12O5. The molecule has 3 rings (SSSR count). The summed E-state index contributed by atoms with van der Waals surface area (Å²) in [5.74, 6) is 0.310. The van der Waals surface area contributed by atoms with E-state index in [1.54, 1.807) is 19.1 Å². The topological polar surface area (TPSA) is 79.9 Å². The molecule has 20 heavy (non-hydrogen) atoms. The zero-order chi connectivity index (χ0) is 14.4. The maximum absolute atomic E-state index is 12.0. The van der Waals surface area contributed by atoms with Crippen LogP contribution in [-0.2, 0) is 0 Å². The Hall–Kier alpha value is -2.69. The summed E-state index contributed by atoms with van der Waals surface area (Å²) in [6.07, 6.45) is 0. The van der Waals surface area contributed by atoms with Gasteiger partial charge in [0.15, 0.2) is 0 Å². The molecule has 1 aromatic heterocycles. The standard InChI is InChI=1S/C15H12O5/c1-7-5-8(16)6-11-12(7)14-10(19-2)4-3-9(17)13(14)15(18)20-11/h3-6,16-17H,1-2H3. The predicted molar refractivity (Wildman–Crippen MR) is 74.6 cm³/mol. The van der Waals surface area contributed by atoms with Crippen LogP contribution in [0, 0.1) is 6.92 Å². The van der Waals surface area contributed by atoms with Gasteiger partial charge in [-0.3, -0.25) is 0 Å². The average Bonchev–Trinajstić information content (AvgIpc) is 2.37. The van der Waals surface area contributed by atoms with E-state index in [9.17, 15) is 15.0 Å².